The molecule has 206 valence electrons. The second-order valence-electron chi connectivity index (χ2n) is 10.9. The van der Waals surface area contributed by atoms with Crippen molar-refractivity contribution in [2.45, 2.75) is 70.8 Å². The molecule has 2 aliphatic rings. The number of carboxylic acid groups (broad SMARTS) is 1. The Morgan fingerprint density at radius 2 is 2.05 bits per heavy atom. The van der Waals surface area contributed by atoms with Gasteiger partial charge in [0.2, 0.25) is 5.91 Å². The number of likely N-dealkylation sites (tertiary alicyclic amines) is 1. The van der Waals surface area contributed by atoms with Gasteiger partial charge in [-0.05, 0) is 92.4 Å². The summed E-state index contributed by atoms with van der Waals surface area (Å²) in [5.41, 5.74) is 4.25. The number of methoxy groups -OCH3 is 1. The van der Waals surface area contributed by atoms with Gasteiger partial charge in [-0.25, -0.2) is 4.98 Å². The summed E-state index contributed by atoms with van der Waals surface area (Å²) in [5.74, 6) is 0.719. The number of fused-ring (bicyclic) bond motifs is 1. The van der Waals surface area contributed by atoms with Crippen molar-refractivity contribution in [3.63, 3.8) is 0 Å². The number of hydrogen-bond donors (Lipinski definition) is 3. The lowest BCUT2D eigenvalue weighted by Gasteiger charge is -2.33. The van der Waals surface area contributed by atoms with E-state index in [1.807, 2.05) is 18.2 Å². The number of rotatable bonds is 11. The van der Waals surface area contributed by atoms with Crippen LogP contribution >= 0.6 is 0 Å². The number of aromatic nitrogens is 1. The van der Waals surface area contributed by atoms with Gasteiger partial charge in [-0.3, -0.25) is 9.59 Å². The normalized spacial score (nSPS) is 18.4. The van der Waals surface area contributed by atoms with Gasteiger partial charge in [-0.2, -0.15) is 0 Å². The smallest absolute Gasteiger partial charge is 0.305 e. The van der Waals surface area contributed by atoms with Crippen LogP contribution in [0.3, 0.4) is 0 Å². The third kappa shape index (κ3) is 7.25. The van der Waals surface area contributed by atoms with E-state index in [9.17, 15) is 14.7 Å². The minimum absolute atomic E-state index is 0.0686. The van der Waals surface area contributed by atoms with E-state index in [4.69, 9.17) is 9.72 Å². The lowest BCUT2D eigenvalue weighted by molar-refractivity contribution is -0.138. The molecule has 1 unspecified atom stereocenters. The molecule has 8 heteroatoms. The molecular formula is C30H42N4O4. The zero-order valence-corrected chi connectivity index (χ0v) is 23.0. The number of carboxylic acids is 1. The van der Waals surface area contributed by atoms with E-state index in [2.05, 4.69) is 41.5 Å². The molecule has 0 spiro atoms. The number of benzene rings is 1. The van der Waals surface area contributed by atoms with Crippen molar-refractivity contribution >= 4 is 17.7 Å². The van der Waals surface area contributed by atoms with Gasteiger partial charge in [0.15, 0.2) is 0 Å². The van der Waals surface area contributed by atoms with E-state index in [1.165, 1.54) is 5.56 Å². The van der Waals surface area contributed by atoms with Crippen molar-refractivity contribution in [3.05, 3.63) is 52.7 Å². The van der Waals surface area contributed by atoms with E-state index >= 15 is 0 Å². The topological polar surface area (TPSA) is 104 Å². The number of hydrogen-bond acceptors (Lipinski definition) is 6. The number of ether oxygens (including phenoxy) is 1. The van der Waals surface area contributed by atoms with E-state index in [0.29, 0.717) is 12.3 Å². The number of nitrogens with zero attached hydrogens (tertiary/aromatic N) is 2. The summed E-state index contributed by atoms with van der Waals surface area (Å²) >= 11 is 0. The van der Waals surface area contributed by atoms with Crippen molar-refractivity contribution in [3.8, 4) is 5.75 Å². The molecule has 2 aliphatic heterocycles. The van der Waals surface area contributed by atoms with Gasteiger partial charge < -0.3 is 25.4 Å². The third-order valence-corrected chi connectivity index (χ3v) is 7.72. The average molecular weight is 523 g/mol. The zero-order chi connectivity index (χ0) is 27.1. The number of nitrogens with one attached hydrogen (secondary N) is 2. The fourth-order valence-electron chi connectivity index (χ4n) is 5.67. The molecule has 3 N–H and O–H groups in total. The molecule has 1 amide bonds. The Morgan fingerprint density at radius 1 is 1.21 bits per heavy atom. The average Bonchev–Trinajstić information content (AvgIpc) is 2.92. The molecule has 8 nitrogen and oxygen atoms in total. The number of amides is 1. The highest BCUT2D eigenvalue weighted by Gasteiger charge is 2.29. The molecule has 3 heterocycles. The van der Waals surface area contributed by atoms with Crippen LogP contribution in [0.1, 0.15) is 80.3 Å². The molecule has 0 saturated carbocycles. The molecule has 38 heavy (non-hydrogen) atoms. The highest BCUT2D eigenvalue weighted by molar-refractivity contribution is 5.80. The predicted octanol–water partition coefficient (Wildman–Crippen LogP) is 4.55. The standard InChI is InChI=1S/C30H42N4O4/c1-20(2)25-13-12-24(38-3)17-26(25)27(18-28(35)36)33-30(37)22-8-5-15-34(19-22)16-6-9-23-11-10-21-7-4-14-31-29(21)32-23/h10-13,17,20,22,27H,4-9,14-16,18-19H2,1-3H3,(H,31,32)(H,33,37)(H,35,36)/t22-,27?/m1/s1. The molecule has 0 bridgehead atoms. The number of pyridine rings is 1. The summed E-state index contributed by atoms with van der Waals surface area (Å²) < 4.78 is 5.40. The summed E-state index contributed by atoms with van der Waals surface area (Å²) in [6.45, 7) is 7.72. The zero-order valence-electron chi connectivity index (χ0n) is 23.0. The molecule has 2 atom stereocenters. The van der Waals surface area contributed by atoms with Crippen LogP contribution in [-0.4, -0.2) is 60.2 Å². The highest BCUT2D eigenvalue weighted by atomic mass is 16.5. The molecule has 4 rings (SSSR count). The summed E-state index contributed by atoms with van der Waals surface area (Å²) in [4.78, 5) is 32.3. The number of aliphatic carboxylic acids is 1. The van der Waals surface area contributed by atoms with Crippen molar-refractivity contribution in [1.82, 2.24) is 15.2 Å². The van der Waals surface area contributed by atoms with Crippen molar-refractivity contribution < 1.29 is 19.4 Å². The van der Waals surface area contributed by atoms with Crippen LogP contribution in [0, 0.1) is 5.92 Å². The van der Waals surface area contributed by atoms with Crippen molar-refractivity contribution in [2.75, 3.05) is 38.6 Å². The molecule has 1 aromatic heterocycles. The van der Waals surface area contributed by atoms with Crippen LogP contribution in [0.2, 0.25) is 0 Å². The number of carbonyl (C=O) groups is 2. The Hall–Kier alpha value is -3.13. The minimum Gasteiger partial charge on any atom is -0.497 e. The molecule has 1 aromatic carbocycles. The quantitative estimate of drug-likeness (QED) is 0.398. The van der Waals surface area contributed by atoms with Crippen molar-refractivity contribution in [2.24, 2.45) is 5.92 Å². The van der Waals surface area contributed by atoms with Crippen LogP contribution in [0.5, 0.6) is 5.75 Å². The maximum Gasteiger partial charge on any atom is 0.305 e. The van der Waals surface area contributed by atoms with Crippen LogP contribution in [0.25, 0.3) is 0 Å². The maximum atomic E-state index is 13.4. The first-order valence-corrected chi connectivity index (χ1v) is 14.0. The van der Waals surface area contributed by atoms with E-state index in [-0.39, 0.29) is 24.2 Å². The summed E-state index contributed by atoms with van der Waals surface area (Å²) in [7, 11) is 1.59. The first-order chi connectivity index (χ1) is 18.3. The number of aryl methyl sites for hydroxylation is 2. The second kappa shape index (κ2) is 13.1. The number of piperidine rings is 1. The molecule has 0 aliphatic carbocycles. The Morgan fingerprint density at radius 3 is 2.82 bits per heavy atom. The fraction of sp³-hybridized carbons (Fsp3) is 0.567. The van der Waals surface area contributed by atoms with E-state index in [0.717, 1.165) is 80.8 Å². The number of carbonyl (C=O) groups excluding carboxylic acids is 1. The Balaban J connectivity index is 1.36. The predicted molar refractivity (Wildman–Crippen MR) is 149 cm³/mol. The van der Waals surface area contributed by atoms with Crippen LogP contribution in [0.4, 0.5) is 5.82 Å². The highest BCUT2D eigenvalue weighted by Crippen LogP contribution is 2.31. The van der Waals surface area contributed by atoms with E-state index < -0.39 is 12.0 Å². The minimum atomic E-state index is -0.941. The van der Waals surface area contributed by atoms with Crippen LogP contribution in [-0.2, 0) is 22.4 Å². The third-order valence-electron chi connectivity index (χ3n) is 7.72. The van der Waals surface area contributed by atoms with Gasteiger partial charge in [0, 0.05) is 18.8 Å². The number of anilines is 1. The van der Waals surface area contributed by atoms with Crippen molar-refractivity contribution in [1.29, 1.82) is 0 Å². The summed E-state index contributed by atoms with van der Waals surface area (Å²) in [6, 6.07) is 9.45. The Kier molecular flexibility index (Phi) is 9.61. The first-order valence-electron chi connectivity index (χ1n) is 14.0. The molecule has 1 saturated heterocycles. The monoisotopic (exact) mass is 522 g/mol. The molecule has 1 fully saturated rings. The lowest BCUT2D eigenvalue weighted by atomic mass is 9.90. The van der Waals surface area contributed by atoms with Gasteiger partial charge in [0.05, 0.1) is 25.5 Å². The first kappa shape index (κ1) is 27.9. The van der Waals surface area contributed by atoms with Gasteiger partial charge in [-0.15, -0.1) is 0 Å². The van der Waals surface area contributed by atoms with Crippen LogP contribution < -0.4 is 15.4 Å². The molecular weight excluding hydrogens is 480 g/mol. The summed E-state index contributed by atoms with van der Waals surface area (Å²) in [6.07, 6.45) is 5.76. The summed E-state index contributed by atoms with van der Waals surface area (Å²) in [5, 5.41) is 16.1. The van der Waals surface area contributed by atoms with Gasteiger partial charge in [-0.1, -0.05) is 26.0 Å². The molecule has 2 aromatic rings. The van der Waals surface area contributed by atoms with Gasteiger partial charge >= 0.3 is 5.97 Å². The maximum absolute atomic E-state index is 13.4. The second-order valence-corrected chi connectivity index (χ2v) is 10.9. The fourth-order valence-corrected chi connectivity index (χ4v) is 5.67. The van der Waals surface area contributed by atoms with Gasteiger partial charge in [0.25, 0.3) is 0 Å². The van der Waals surface area contributed by atoms with Gasteiger partial charge in [0.1, 0.15) is 11.6 Å². The van der Waals surface area contributed by atoms with E-state index in [1.54, 1.807) is 7.11 Å². The Bertz CT molecular complexity index is 1120. The lowest BCUT2D eigenvalue weighted by Crippen LogP contribution is -2.44. The Labute approximate surface area is 226 Å². The largest absolute Gasteiger partial charge is 0.497 e. The molecule has 0 radical (unpaired) electrons. The SMILES string of the molecule is COc1ccc(C(C)C)c(C(CC(=O)O)NC(=O)[C@@H]2CCCN(CCCc3ccc4c(n3)NCCC4)C2)c1. The van der Waals surface area contributed by atoms with Crippen LogP contribution in [0.15, 0.2) is 30.3 Å².